The molecule has 0 saturated heterocycles. The molecule has 0 N–H and O–H groups in total. The standard InChI is InChI=1S/2C7H9N2.C5H6N3.3Y/c1-5-6(2)8-4-9-7(5)3;1-5-4-8-7(3)9-6(5)2;1-4-6-3-7-5(2)8-4;;;/h2*1-3H3;1-2H3;;;/q3*-1;;;. The molecule has 3 heterocycles. The number of rotatable bonds is 0. The van der Waals surface area contributed by atoms with Gasteiger partial charge in [-0.15, -0.1) is 11.1 Å². The monoisotopic (exact) mass is 617 g/mol. The topological polar surface area (TPSA) is 90.2 Å². The average molecular weight is 617 g/mol. The van der Waals surface area contributed by atoms with Crippen molar-refractivity contribution >= 4 is 0 Å². The Labute approximate surface area is 249 Å². The van der Waals surface area contributed by atoms with E-state index >= 15 is 0 Å². The fraction of sp³-hybridized carbons (Fsp3) is 0.421. The minimum absolute atomic E-state index is 0. The van der Waals surface area contributed by atoms with Gasteiger partial charge in [-0.2, -0.15) is 0 Å². The van der Waals surface area contributed by atoms with Gasteiger partial charge in [0.25, 0.3) is 0 Å². The van der Waals surface area contributed by atoms with Crippen molar-refractivity contribution in [2.45, 2.75) is 55.4 Å². The first-order valence-electron chi connectivity index (χ1n) is 8.13. The third kappa shape index (κ3) is 14.2. The maximum Gasteiger partial charge on any atom is 0.0247 e. The van der Waals surface area contributed by atoms with Crippen LogP contribution in [0, 0.1) is 74.2 Å². The largest absolute Gasteiger partial charge is 0.373 e. The molecular formula is C19H24N7Y3-3. The van der Waals surface area contributed by atoms with Gasteiger partial charge >= 0.3 is 0 Å². The van der Waals surface area contributed by atoms with E-state index in [4.69, 9.17) is 0 Å². The summed E-state index contributed by atoms with van der Waals surface area (Å²) in [6.45, 7) is 15.3. The van der Waals surface area contributed by atoms with Gasteiger partial charge in [0.15, 0.2) is 0 Å². The van der Waals surface area contributed by atoms with Crippen LogP contribution in [0.1, 0.15) is 45.7 Å². The molecule has 0 aliphatic carbocycles. The van der Waals surface area contributed by atoms with E-state index in [-0.39, 0.29) is 98.1 Å². The molecule has 147 valence electrons. The second-order valence-electron chi connectivity index (χ2n) is 5.74. The first-order valence-corrected chi connectivity index (χ1v) is 8.13. The van der Waals surface area contributed by atoms with Crippen molar-refractivity contribution in [3.8, 4) is 0 Å². The van der Waals surface area contributed by atoms with Crippen molar-refractivity contribution in [3.05, 3.63) is 64.5 Å². The van der Waals surface area contributed by atoms with Crippen molar-refractivity contribution in [1.82, 2.24) is 34.9 Å². The Morgan fingerprint density at radius 1 is 0.483 bits per heavy atom. The van der Waals surface area contributed by atoms with Gasteiger partial charge in [0.05, 0.1) is 0 Å². The summed E-state index contributed by atoms with van der Waals surface area (Å²) in [5, 5.41) is 0. The van der Waals surface area contributed by atoms with Gasteiger partial charge < -0.3 is 34.9 Å². The molecule has 3 radical (unpaired) electrons. The van der Waals surface area contributed by atoms with Crippen molar-refractivity contribution in [3.63, 3.8) is 0 Å². The molecule has 0 aliphatic rings. The maximum absolute atomic E-state index is 4.13. The first-order chi connectivity index (χ1) is 12.2. The van der Waals surface area contributed by atoms with E-state index in [1.807, 2.05) is 55.4 Å². The Hall–Kier alpha value is 0.482. The van der Waals surface area contributed by atoms with E-state index in [0.717, 1.165) is 45.7 Å². The molecule has 0 aromatic carbocycles. The Kier molecular flexibility index (Phi) is 21.3. The fourth-order valence-electron chi connectivity index (χ4n) is 1.66. The Bertz CT molecular complexity index is 823. The van der Waals surface area contributed by atoms with E-state index in [9.17, 15) is 0 Å². The summed E-state index contributed by atoms with van der Waals surface area (Å²) in [6, 6.07) is 0. The SMILES string of the molecule is Cc1n[c-]c(C)c(C)n1.Cc1n[c-]nc(C)c1C.Cc1n[c-]nc(C)n1.[Y].[Y].[Y]. The Morgan fingerprint density at radius 3 is 1.21 bits per heavy atom. The van der Waals surface area contributed by atoms with E-state index in [1.165, 1.54) is 0 Å². The number of aromatic nitrogens is 7. The number of hydrogen-bond donors (Lipinski definition) is 0. The van der Waals surface area contributed by atoms with Crippen LogP contribution in [0.15, 0.2) is 0 Å². The van der Waals surface area contributed by atoms with Crippen LogP contribution in [0.25, 0.3) is 0 Å². The van der Waals surface area contributed by atoms with Gasteiger partial charge in [-0.05, 0) is 0 Å². The number of aryl methyl sites for hydroxylation is 7. The van der Waals surface area contributed by atoms with Crippen LogP contribution < -0.4 is 0 Å². The van der Waals surface area contributed by atoms with Crippen molar-refractivity contribution in [2.24, 2.45) is 0 Å². The zero-order valence-electron chi connectivity index (χ0n) is 18.4. The van der Waals surface area contributed by atoms with Gasteiger partial charge in [-0.1, -0.05) is 78.7 Å². The predicted molar refractivity (Wildman–Crippen MR) is 98.3 cm³/mol. The molecule has 0 spiro atoms. The van der Waals surface area contributed by atoms with Crippen LogP contribution in [0.2, 0.25) is 0 Å². The molecule has 0 saturated carbocycles. The molecule has 0 aliphatic heterocycles. The van der Waals surface area contributed by atoms with Crippen LogP contribution >= 0.6 is 0 Å². The van der Waals surface area contributed by atoms with Crippen molar-refractivity contribution in [2.75, 3.05) is 0 Å². The predicted octanol–water partition coefficient (Wildman–Crippen LogP) is 2.69. The van der Waals surface area contributed by atoms with Crippen LogP contribution in [0.3, 0.4) is 0 Å². The molecule has 3 aromatic heterocycles. The number of hydrogen-bond acceptors (Lipinski definition) is 7. The third-order valence-electron chi connectivity index (χ3n) is 3.53. The molecule has 0 bridgehead atoms. The summed E-state index contributed by atoms with van der Waals surface area (Å²) in [7, 11) is 0. The zero-order valence-corrected chi connectivity index (χ0v) is 26.9. The van der Waals surface area contributed by atoms with E-state index in [1.54, 1.807) is 0 Å². The molecule has 0 fully saturated rings. The second kappa shape index (κ2) is 18.1. The fourth-order valence-corrected chi connectivity index (χ4v) is 1.66. The zero-order chi connectivity index (χ0) is 19.7. The molecular weight excluding hydrogens is 593 g/mol. The van der Waals surface area contributed by atoms with E-state index < -0.39 is 0 Å². The quantitative estimate of drug-likeness (QED) is 0.359. The summed E-state index contributed by atoms with van der Waals surface area (Å²) in [6.07, 6.45) is 7.89. The molecule has 3 aromatic rings. The van der Waals surface area contributed by atoms with Crippen LogP contribution in [-0.4, -0.2) is 34.9 Å². The Morgan fingerprint density at radius 2 is 0.897 bits per heavy atom. The van der Waals surface area contributed by atoms with Crippen LogP contribution in [0.4, 0.5) is 0 Å². The average Bonchev–Trinajstić information content (AvgIpc) is 2.57. The summed E-state index contributed by atoms with van der Waals surface area (Å²) in [5.74, 6) is 2.23. The minimum atomic E-state index is 0. The van der Waals surface area contributed by atoms with Gasteiger partial charge in [-0.25, -0.2) is 0 Å². The van der Waals surface area contributed by atoms with E-state index in [2.05, 4.69) is 53.7 Å². The van der Waals surface area contributed by atoms with Gasteiger partial charge in [-0.3, -0.25) is 0 Å². The normalized spacial score (nSPS) is 8.55. The minimum Gasteiger partial charge on any atom is -0.373 e. The van der Waals surface area contributed by atoms with Crippen molar-refractivity contribution < 1.29 is 98.1 Å². The summed E-state index contributed by atoms with van der Waals surface area (Å²) in [4.78, 5) is 27.1. The van der Waals surface area contributed by atoms with Gasteiger partial charge in [0.2, 0.25) is 0 Å². The molecule has 10 heteroatoms. The molecule has 0 amide bonds. The van der Waals surface area contributed by atoms with Crippen LogP contribution in [-0.2, 0) is 98.1 Å². The van der Waals surface area contributed by atoms with E-state index in [0.29, 0.717) is 0 Å². The Balaban J connectivity index is -0.000000333. The second-order valence-corrected chi connectivity index (χ2v) is 5.74. The molecule has 29 heavy (non-hydrogen) atoms. The molecule has 0 unspecified atom stereocenters. The maximum atomic E-state index is 4.13. The molecule has 7 nitrogen and oxygen atoms in total. The number of nitrogens with zero attached hydrogens (tertiary/aromatic N) is 7. The molecule has 3 rings (SSSR count). The molecule has 0 atom stereocenters. The summed E-state index contributed by atoms with van der Waals surface area (Å²) < 4.78 is 0. The van der Waals surface area contributed by atoms with Crippen LogP contribution in [0.5, 0.6) is 0 Å². The van der Waals surface area contributed by atoms with Crippen molar-refractivity contribution in [1.29, 1.82) is 0 Å². The van der Waals surface area contributed by atoms with Gasteiger partial charge in [0.1, 0.15) is 0 Å². The smallest absolute Gasteiger partial charge is 0.0247 e. The van der Waals surface area contributed by atoms with Gasteiger partial charge in [0, 0.05) is 128 Å². The third-order valence-corrected chi connectivity index (χ3v) is 3.53. The summed E-state index contributed by atoms with van der Waals surface area (Å²) >= 11 is 0. The summed E-state index contributed by atoms with van der Waals surface area (Å²) in [5.41, 5.74) is 5.24. The first kappa shape index (κ1) is 34.1.